The van der Waals surface area contributed by atoms with Crippen molar-refractivity contribution in [1.29, 1.82) is 0 Å². The van der Waals surface area contributed by atoms with E-state index in [1.807, 2.05) is 11.8 Å². The van der Waals surface area contributed by atoms with Gasteiger partial charge in [0, 0.05) is 17.4 Å². The zero-order chi connectivity index (χ0) is 12.3. The third-order valence-electron chi connectivity index (χ3n) is 3.09. The molecule has 1 fully saturated rings. The molecule has 1 aliphatic carbocycles. The summed E-state index contributed by atoms with van der Waals surface area (Å²) < 4.78 is 0. The van der Waals surface area contributed by atoms with E-state index in [1.165, 1.54) is 25.7 Å². The summed E-state index contributed by atoms with van der Waals surface area (Å²) in [6, 6.07) is 2.20. The average molecular weight is 292 g/mol. The highest BCUT2D eigenvalue weighted by molar-refractivity contribution is 7.99. The number of hydrogen-bond acceptors (Lipinski definition) is 4. The molecule has 0 amide bonds. The van der Waals surface area contributed by atoms with E-state index < -0.39 is 0 Å². The Morgan fingerprint density at radius 2 is 1.94 bits per heavy atom. The van der Waals surface area contributed by atoms with Gasteiger partial charge < -0.3 is 5.32 Å². The van der Waals surface area contributed by atoms with Gasteiger partial charge in [0.15, 0.2) is 10.3 Å². The molecule has 0 spiro atoms. The SMILES string of the molecule is CSC1CCC(Nc2cc(Cl)nnc2Cl)CC1. The van der Waals surface area contributed by atoms with Crippen LogP contribution in [0.4, 0.5) is 5.69 Å². The molecule has 0 aliphatic heterocycles. The third-order valence-corrected chi connectivity index (χ3v) is 4.69. The largest absolute Gasteiger partial charge is 0.380 e. The van der Waals surface area contributed by atoms with E-state index in [0.29, 0.717) is 16.3 Å². The molecule has 17 heavy (non-hydrogen) atoms. The Hall–Kier alpha value is -0.190. The summed E-state index contributed by atoms with van der Waals surface area (Å²) >= 11 is 13.7. The Balaban J connectivity index is 1.95. The van der Waals surface area contributed by atoms with E-state index in [0.717, 1.165) is 10.9 Å². The number of nitrogens with zero attached hydrogens (tertiary/aromatic N) is 2. The second kappa shape index (κ2) is 6.12. The van der Waals surface area contributed by atoms with Crippen molar-refractivity contribution >= 4 is 40.7 Å². The van der Waals surface area contributed by atoms with Crippen LogP contribution in [0.2, 0.25) is 10.3 Å². The summed E-state index contributed by atoms with van der Waals surface area (Å²) in [4.78, 5) is 0. The first-order chi connectivity index (χ1) is 8.19. The minimum Gasteiger partial charge on any atom is -0.380 e. The van der Waals surface area contributed by atoms with Crippen LogP contribution in [0, 0.1) is 0 Å². The Labute approximate surface area is 116 Å². The van der Waals surface area contributed by atoms with Crippen LogP contribution in [0.5, 0.6) is 0 Å². The number of hydrogen-bond donors (Lipinski definition) is 1. The second-order valence-corrected chi connectivity index (χ2v) is 6.11. The zero-order valence-electron chi connectivity index (χ0n) is 9.62. The summed E-state index contributed by atoms with van der Waals surface area (Å²) in [5, 5.41) is 12.5. The predicted octanol–water partition coefficient (Wildman–Crippen LogP) is 3.87. The topological polar surface area (TPSA) is 37.8 Å². The van der Waals surface area contributed by atoms with Gasteiger partial charge >= 0.3 is 0 Å². The first kappa shape index (κ1) is 13.2. The highest BCUT2D eigenvalue weighted by Crippen LogP contribution is 2.30. The molecule has 0 radical (unpaired) electrons. The highest BCUT2D eigenvalue weighted by Gasteiger charge is 2.21. The lowest BCUT2D eigenvalue weighted by molar-refractivity contribution is 0.473. The maximum atomic E-state index is 5.97. The lowest BCUT2D eigenvalue weighted by atomic mass is 9.95. The van der Waals surface area contributed by atoms with Crippen molar-refractivity contribution in [3.8, 4) is 0 Å². The fraction of sp³-hybridized carbons (Fsp3) is 0.636. The van der Waals surface area contributed by atoms with Crippen molar-refractivity contribution in [2.24, 2.45) is 0 Å². The van der Waals surface area contributed by atoms with Crippen molar-refractivity contribution in [3.63, 3.8) is 0 Å². The Morgan fingerprint density at radius 3 is 2.59 bits per heavy atom. The van der Waals surface area contributed by atoms with E-state index in [-0.39, 0.29) is 0 Å². The maximum Gasteiger partial charge on any atom is 0.174 e. The average Bonchev–Trinajstić information content (AvgIpc) is 2.35. The monoisotopic (exact) mass is 291 g/mol. The fourth-order valence-electron chi connectivity index (χ4n) is 2.12. The van der Waals surface area contributed by atoms with Gasteiger partial charge in [-0.1, -0.05) is 23.2 Å². The summed E-state index contributed by atoms with van der Waals surface area (Å²) in [5.41, 5.74) is 0.791. The van der Waals surface area contributed by atoms with Crippen LogP contribution in [0.3, 0.4) is 0 Å². The lowest BCUT2D eigenvalue weighted by Gasteiger charge is -2.28. The fourth-order valence-corrected chi connectivity index (χ4v) is 3.15. The molecule has 0 aromatic carbocycles. The molecule has 0 saturated heterocycles. The van der Waals surface area contributed by atoms with Crippen LogP contribution >= 0.6 is 35.0 Å². The molecule has 1 saturated carbocycles. The zero-order valence-corrected chi connectivity index (χ0v) is 11.9. The summed E-state index contributed by atoms with van der Waals surface area (Å²) in [6.45, 7) is 0. The molecular weight excluding hydrogens is 277 g/mol. The van der Waals surface area contributed by atoms with E-state index in [1.54, 1.807) is 6.07 Å². The second-order valence-electron chi connectivity index (χ2n) is 4.23. The minimum atomic E-state index is 0.370. The van der Waals surface area contributed by atoms with Crippen molar-refractivity contribution < 1.29 is 0 Å². The normalized spacial score (nSPS) is 24.6. The molecule has 1 aromatic heterocycles. The molecule has 1 heterocycles. The first-order valence-electron chi connectivity index (χ1n) is 5.67. The van der Waals surface area contributed by atoms with Crippen molar-refractivity contribution in [2.75, 3.05) is 11.6 Å². The van der Waals surface area contributed by atoms with Gasteiger partial charge in [0.25, 0.3) is 0 Å². The smallest absolute Gasteiger partial charge is 0.174 e. The van der Waals surface area contributed by atoms with Gasteiger partial charge in [-0.2, -0.15) is 11.8 Å². The molecule has 6 heteroatoms. The van der Waals surface area contributed by atoms with E-state index in [9.17, 15) is 0 Å². The van der Waals surface area contributed by atoms with Gasteiger partial charge in [0.2, 0.25) is 0 Å². The Morgan fingerprint density at radius 1 is 1.24 bits per heavy atom. The molecule has 0 unspecified atom stereocenters. The molecule has 1 N–H and O–H groups in total. The number of thioether (sulfide) groups is 1. The van der Waals surface area contributed by atoms with Crippen LogP contribution < -0.4 is 5.32 Å². The van der Waals surface area contributed by atoms with Crippen molar-refractivity contribution in [2.45, 2.75) is 37.0 Å². The van der Waals surface area contributed by atoms with E-state index in [4.69, 9.17) is 23.2 Å². The highest BCUT2D eigenvalue weighted by atomic mass is 35.5. The van der Waals surface area contributed by atoms with E-state index in [2.05, 4.69) is 21.8 Å². The van der Waals surface area contributed by atoms with Gasteiger partial charge in [-0.05, 0) is 31.9 Å². The van der Waals surface area contributed by atoms with Gasteiger partial charge in [-0.25, -0.2) is 0 Å². The molecule has 0 bridgehead atoms. The summed E-state index contributed by atoms with van der Waals surface area (Å²) in [5.74, 6) is 0. The standard InChI is InChI=1S/C11H15Cl2N3S/c1-17-8-4-2-7(3-5-8)14-9-6-10(12)15-16-11(9)13/h6-8H,2-5H2,1H3,(H,14,15). The van der Waals surface area contributed by atoms with Crippen LogP contribution in [-0.4, -0.2) is 27.7 Å². The summed E-state index contributed by atoms with van der Waals surface area (Å²) in [7, 11) is 0. The van der Waals surface area contributed by atoms with Gasteiger partial charge in [-0.3, -0.25) is 0 Å². The van der Waals surface area contributed by atoms with Gasteiger partial charge in [0.1, 0.15) is 0 Å². The Bertz CT molecular complexity index is 381. The van der Waals surface area contributed by atoms with Crippen molar-refractivity contribution in [3.05, 3.63) is 16.4 Å². The predicted molar refractivity (Wildman–Crippen MR) is 75.2 cm³/mol. The summed E-state index contributed by atoms with van der Waals surface area (Å²) in [6.07, 6.45) is 7.02. The molecular formula is C11H15Cl2N3S. The number of nitrogens with one attached hydrogen (secondary N) is 1. The van der Waals surface area contributed by atoms with Gasteiger partial charge in [-0.15, -0.1) is 10.2 Å². The molecule has 1 aromatic rings. The molecule has 0 atom stereocenters. The van der Waals surface area contributed by atoms with Crippen LogP contribution in [0.1, 0.15) is 25.7 Å². The molecule has 94 valence electrons. The minimum absolute atomic E-state index is 0.370. The number of halogens is 2. The lowest BCUT2D eigenvalue weighted by Crippen LogP contribution is -2.27. The van der Waals surface area contributed by atoms with Crippen LogP contribution in [0.15, 0.2) is 6.07 Å². The Kier molecular flexibility index (Phi) is 4.77. The number of anilines is 1. The molecule has 3 nitrogen and oxygen atoms in total. The molecule has 2 rings (SSSR count). The van der Waals surface area contributed by atoms with E-state index >= 15 is 0 Å². The number of aromatic nitrogens is 2. The first-order valence-corrected chi connectivity index (χ1v) is 7.71. The quantitative estimate of drug-likeness (QED) is 0.917. The maximum absolute atomic E-state index is 5.97. The van der Waals surface area contributed by atoms with Gasteiger partial charge in [0.05, 0.1) is 5.69 Å². The number of rotatable bonds is 3. The molecule has 1 aliphatic rings. The van der Waals surface area contributed by atoms with Crippen molar-refractivity contribution in [1.82, 2.24) is 10.2 Å². The van der Waals surface area contributed by atoms with Crippen LogP contribution in [-0.2, 0) is 0 Å². The third kappa shape index (κ3) is 3.63. The van der Waals surface area contributed by atoms with Crippen LogP contribution in [0.25, 0.3) is 0 Å².